The van der Waals surface area contributed by atoms with Crippen LogP contribution in [0.3, 0.4) is 0 Å². The lowest BCUT2D eigenvalue weighted by Crippen LogP contribution is -2.33. The number of H-pyrrole nitrogens is 1. The van der Waals surface area contributed by atoms with Crippen LogP contribution in [0.4, 0.5) is 0 Å². The third kappa shape index (κ3) is 4.32. The average molecular weight is 323 g/mol. The maximum atomic E-state index is 11.2. The second kappa shape index (κ2) is 7.26. The third-order valence-electron chi connectivity index (χ3n) is 2.40. The largest absolute Gasteiger partial charge is 0.395 e. The number of aliphatic hydroxyl groups is 1. The van der Waals surface area contributed by atoms with E-state index >= 15 is 0 Å². The number of rotatable bonds is 4. The van der Waals surface area contributed by atoms with Gasteiger partial charge in [0.15, 0.2) is 5.16 Å². The minimum atomic E-state index is -0.780. The second-order valence-electron chi connectivity index (χ2n) is 4.03. The zero-order chi connectivity index (χ0) is 15.2. The number of thioether (sulfide) groups is 1. The molecule has 0 spiro atoms. The summed E-state index contributed by atoms with van der Waals surface area (Å²) >= 11 is 2.92. The van der Waals surface area contributed by atoms with Gasteiger partial charge in [-0.15, -0.1) is 11.3 Å². The maximum Gasteiger partial charge on any atom is 0.339 e. The van der Waals surface area contributed by atoms with E-state index in [1.54, 1.807) is 18.4 Å². The lowest BCUT2D eigenvalue weighted by molar-refractivity contribution is 0.305. The van der Waals surface area contributed by atoms with Crippen molar-refractivity contribution in [3.05, 3.63) is 42.6 Å². The molecule has 0 saturated carbocycles. The molecule has 2 rings (SSSR count). The van der Waals surface area contributed by atoms with Crippen molar-refractivity contribution in [2.24, 2.45) is 7.05 Å². The van der Waals surface area contributed by atoms with Gasteiger partial charge < -0.3 is 5.11 Å². The molecule has 0 radical (unpaired) electrons. The Kier molecular flexibility index (Phi) is 5.38. The quantitative estimate of drug-likeness (QED) is 0.487. The highest BCUT2D eigenvalue weighted by Gasteiger charge is 2.06. The highest BCUT2D eigenvalue weighted by atomic mass is 32.2. The minimum absolute atomic E-state index is 0.0625. The summed E-state index contributed by atoms with van der Waals surface area (Å²) in [7, 11) is 1.64. The number of aromatic nitrogens is 3. The summed E-state index contributed by atoms with van der Waals surface area (Å²) in [6, 6.07) is 3.88. The van der Waals surface area contributed by atoms with Crippen LogP contribution in [0.25, 0.3) is 0 Å². The average Bonchev–Trinajstić information content (AvgIpc) is 2.90. The zero-order valence-corrected chi connectivity index (χ0v) is 12.9. The molecule has 2 aromatic rings. The molecule has 110 valence electrons. The van der Waals surface area contributed by atoms with Gasteiger partial charge in [0.05, 0.1) is 11.5 Å². The molecule has 0 fully saturated rings. The number of hydrogen-bond donors (Lipinski definition) is 2. The fourth-order valence-electron chi connectivity index (χ4n) is 1.45. The van der Waals surface area contributed by atoms with E-state index in [0.717, 1.165) is 9.75 Å². The summed E-state index contributed by atoms with van der Waals surface area (Å²) in [6.07, 6.45) is 0.464. The van der Waals surface area contributed by atoms with Crippen molar-refractivity contribution in [1.82, 2.24) is 14.8 Å². The molecule has 8 heteroatoms. The maximum absolute atomic E-state index is 11.2. The summed E-state index contributed by atoms with van der Waals surface area (Å²) in [5.74, 6) is 6.48. The Morgan fingerprint density at radius 3 is 3.05 bits per heavy atom. The minimum Gasteiger partial charge on any atom is -0.395 e. The molecule has 2 aromatic heterocycles. The molecule has 6 nitrogen and oxygen atoms in total. The summed E-state index contributed by atoms with van der Waals surface area (Å²) < 4.78 is 1.43. The highest BCUT2D eigenvalue weighted by molar-refractivity contribution is 7.98. The van der Waals surface area contributed by atoms with Gasteiger partial charge in [0.1, 0.15) is 0 Å². The normalized spacial score (nSPS) is 10.2. The van der Waals surface area contributed by atoms with Crippen LogP contribution >= 0.6 is 23.1 Å². The van der Waals surface area contributed by atoms with Crippen molar-refractivity contribution >= 4 is 23.1 Å². The fourth-order valence-corrected chi connectivity index (χ4v) is 3.30. The summed E-state index contributed by atoms with van der Waals surface area (Å²) in [4.78, 5) is 28.1. The SMILES string of the molecule is Cn1[nH]c(=O)c(=O)nc1SCc1ccc(C#CCCO)s1. The van der Waals surface area contributed by atoms with Gasteiger partial charge >= 0.3 is 11.1 Å². The van der Waals surface area contributed by atoms with Crippen molar-refractivity contribution in [3.8, 4) is 11.8 Å². The standard InChI is InChI=1S/C13H13N3O3S2/c1-16-13(14-11(18)12(19)15-16)20-8-10-6-5-9(21-10)4-2-3-7-17/h5-6,17H,3,7-8H2,1H3,(H,15,19). The molecule has 21 heavy (non-hydrogen) atoms. The molecule has 0 amide bonds. The van der Waals surface area contributed by atoms with Crippen molar-refractivity contribution in [2.75, 3.05) is 6.61 Å². The second-order valence-corrected chi connectivity index (χ2v) is 6.14. The molecule has 2 N–H and O–H groups in total. The van der Waals surface area contributed by atoms with Crippen LogP contribution in [0.2, 0.25) is 0 Å². The van der Waals surface area contributed by atoms with E-state index in [4.69, 9.17) is 5.11 Å². The molecule has 0 aromatic carbocycles. The Morgan fingerprint density at radius 2 is 2.29 bits per heavy atom. The van der Waals surface area contributed by atoms with Crippen molar-refractivity contribution in [2.45, 2.75) is 17.3 Å². The number of nitrogens with one attached hydrogen (secondary N) is 1. The predicted molar refractivity (Wildman–Crippen MR) is 82.6 cm³/mol. The zero-order valence-electron chi connectivity index (χ0n) is 11.3. The number of aromatic amines is 1. The van der Waals surface area contributed by atoms with Gasteiger partial charge in [-0.05, 0) is 12.1 Å². The Morgan fingerprint density at radius 1 is 1.48 bits per heavy atom. The first kappa shape index (κ1) is 15.6. The van der Waals surface area contributed by atoms with Crippen molar-refractivity contribution < 1.29 is 5.11 Å². The number of thiophene rings is 1. The van der Waals surface area contributed by atoms with Crippen LogP contribution in [-0.2, 0) is 12.8 Å². The molecular weight excluding hydrogens is 310 g/mol. The van der Waals surface area contributed by atoms with E-state index in [0.29, 0.717) is 17.3 Å². The lowest BCUT2D eigenvalue weighted by atomic mass is 10.4. The molecule has 0 aliphatic rings. The van der Waals surface area contributed by atoms with E-state index < -0.39 is 11.1 Å². The smallest absolute Gasteiger partial charge is 0.339 e. The van der Waals surface area contributed by atoms with E-state index in [1.165, 1.54) is 16.4 Å². The molecule has 0 atom stereocenters. The predicted octanol–water partition coefficient (Wildman–Crippen LogP) is 0.556. The van der Waals surface area contributed by atoms with E-state index in [9.17, 15) is 9.59 Å². The molecule has 0 unspecified atom stereocenters. The van der Waals surface area contributed by atoms with Crippen LogP contribution in [0, 0.1) is 11.8 Å². The first-order valence-electron chi connectivity index (χ1n) is 6.08. The number of aliphatic hydroxyl groups excluding tert-OH is 1. The Balaban J connectivity index is 2.04. The highest BCUT2D eigenvalue weighted by Crippen LogP contribution is 2.24. The molecule has 0 bridgehead atoms. The third-order valence-corrected chi connectivity index (χ3v) is 4.66. The van der Waals surface area contributed by atoms with Gasteiger partial charge in [-0.25, -0.2) is 0 Å². The van der Waals surface area contributed by atoms with Crippen molar-refractivity contribution in [3.63, 3.8) is 0 Å². The van der Waals surface area contributed by atoms with Gasteiger partial charge in [0.25, 0.3) is 0 Å². The van der Waals surface area contributed by atoms with Crippen LogP contribution in [0.5, 0.6) is 0 Å². The fraction of sp³-hybridized carbons (Fsp3) is 0.308. The Bertz CT molecular complexity index is 795. The summed E-state index contributed by atoms with van der Waals surface area (Å²) in [5, 5.41) is 11.5. The molecule has 0 aliphatic carbocycles. The van der Waals surface area contributed by atoms with Gasteiger partial charge in [0.2, 0.25) is 0 Å². The first-order chi connectivity index (χ1) is 10.1. The van der Waals surface area contributed by atoms with Crippen LogP contribution in [0.15, 0.2) is 26.9 Å². The molecule has 2 heterocycles. The van der Waals surface area contributed by atoms with Crippen LogP contribution in [0.1, 0.15) is 16.2 Å². The van der Waals surface area contributed by atoms with E-state index in [-0.39, 0.29) is 6.61 Å². The van der Waals surface area contributed by atoms with E-state index in [1.807, 2.05) is 12.1 Å². The number of aryl methyl sites for hydroxylation is 1. The van der Waals surface area contributed by atoms with E-state index in [2.05, 4.69) is 21.9 Å². The molecule has 0 aliphatic heterocycles. The van der Waals surface area contributed by atoms with Crippen molar-refractivity contribution in [1.29, 1.82) is 0 Å². The summed E-state index contributed by atoms with van der Waals surface area (Å²) in [6.45, 7) is 0.0625. The van der Waals surface area contributed by atoms with Crippen LogP contribution < -0.4 is 11.1 Å². The van der Waals surface area contributed by atoms with Gasteiger partial charge in [0, 0.05) is 24.1 Å². The van der Waals surface area contributed by atoms with Gasteiger partial charge in [-0.1, -0.05) is 23.6 Å². The summed E-state index contributed by atoms with van der Waals surface area (Å²) in [5.41, 5.74) is -1.50. The van der Waals surface area contributed by atoms with Crippen LogP contribution in [-0.4, -0.2) is 26.5 Å². The monoisotopic (exact) mass is 323 g/mol. The van der Waals surface area contributed by atoms with Gasteiger partial charge in [-0.3, -0.25) is 19.4 Å². The lowest BCUT2D eigenvalue weighted by Gasteiger charge is -2.04. The topological polar surface area (TPSA) is 88.0 Å². The first-order valence-corrected chi connectivity index (χ1v) is 7.89. The number of nitrogens with zero attached hydrogens (tertiary/aromatic N) is 2. The Labute approximate surface area is 128 Å². The Hall–Kier alpha value is -1.82. The molecule has 0 saturated heterocycles. The van der Waals surface area contributed by atoms with Gasteiger partial charge in [-0.2, -0.15) is 4.98 Å². The number of hydrogen-bond acceptors (Lipinski definition) is 6. The molecular formula is C13H13N3O3S2.